The first-order valence-electron chi connectivity index (χ1n) is 5.15. The number of aliphatic imine (C=N–C) groups is 1. The van der Waals surface area contributed by atoms with Gasteiger partial charge < -0.3 is 21.3 Å². The van der Waals surface area contributed by atoms with Crippen LogP contribution in [-0.4, -0.2) is 30.9 Å². The summed E-state index contributed by atoms with van der Waals surface area (Å²) in [5.41, 5.74) is 11.0. The third-order valence-electron chi connectivity index (χ3n) is 2.06. The van der Waals surface area contributed by atoms with Crippen molar-refractivity contribution in [2.75, 3.05) is 19.8 Å². The van der Waals surface area contributed by atoms with Gasteiger partial charge in [0.2, 0.25) is 0 Å². The van der Waals surface area contributed by atoms with Crippen LogP contribution in [0.25, 0.3) is 0 Å². The number of nitrogens with two attached hydrogens (primary N) is 2. The second-order valence-electron chi connectivity index (χ2n) is 3.39. The zero-order valence-corrected chi connectivity index (χ0v) is 9.34. The summed E-state index contributed by atoms with van der Waals surface area (Å²) in [6.45, 7) is -0.405. The Morgan fingerprint density at radius 2 is 2.00 bits per heavy atom. The highest BCUT2D eigenvalue weighted by Crippen LogP contribution is 2.18. The molecule has 1 atom stereocenters. The quantitative estimate of drug-likeness (QED) is 0.493. The van der Waals surface area contributed by atoms with E-state index in [1.807, 2.05) is 0 Å². The highest BCUT2D eigenvalue weighted by atomic mass is 18.2. The third kappa shape index (κ3) is 4.69. The predicted molar refractivity (Wildman–Crippen MR) is 63.5 cm³/mol. The summed E-state index contributed by atoms with van der Waals surface area (Å²) in [5.74, 6) is 0.493. The van der Waals surface area contributed by atoms with Crippen molar-refractivity contribution >= 4 is 5.96 Å². The van der Waals surface area contributed by atoms with Crippen molar-refractivity contribution in [2.24, 2.45) is 16.5 Å². The summed E-state index contributed by atoms with van der Waals surface area (Å²) in [5, 5.41) is 9.72. The molecule has 0 bridgehead atoms. The third-order valence-corrected chi connectivity index (χ3v) is 2.06. The van der Waals surface area contributed by atoms with Gasteiger partial charge in [-0.15, -0.1) is 0 Å². The number of rotatable bonds is 6. The van der Waals surface area contributed by atoms with Crippen molar-refractivity contribution in [3.63, 3.8) is 0 Å². The Hall–Kier alpha value is -1.82. The van der Waals surface area contributed by atoms with E-state index in [0.717, 1.165) is 0 Å². The van der Waals surface area contributed by atoms with E-state index in [-0.39, 0.29) is 19.1 Å². The smallest absolute Gasteiger partial charge is 0.186 e. The SMILES string of the molecule is NC(N)=NCC(O)c1ccc(OCC[18F])cc1. The molecule has 0 spiro atoms. The van der Waals surface area contributed by atoms with Crippen LogP contribution >= 0.6 is 0 Å². The molecule has 5 N–H and O–H groups in total. The minimum absolute atomic E-state index is 0.0237. The summed E-state index contributed by atoms with van der Waals surface area (Å²) < 4.78 is 16.9. The van der Waals surface area contributed by atoms with Gasteiger partial charge in [-0.1, -0.05) is 12.1 Å². The topological polar surface area (TPSA) is 93.9 Å². The number of ether oxygens (including phenoxy) is 1. The highest BCUT2D eigenvalue weighted by Gasteiger charge is 2.06. The second-order valence-corrected chi connectivity index (χ2v) is 3.39. The van der Waals surface area contributed by atoms with E-state index < -0.39 is 12.8 Å². The Bertz CT molecular complexity index is 363. The normalized spacial score (nSPS) is 11.9. The van der Waals surface area contributed by atoms with Crippen molar-refractivity contribution in [3.8, 4) is 5.75 Å². The molecule has 1 rings (SSSR count). The standard InChI is InChI=1S/C11H16FN3O2/c12-5-6-17-9-3-1-8(2-4-9)10(16)7-15-11(13)14/h1-4,10,16H,5-7H2,(H4,13,14,15)/i12-1. The minimum atomic E-state index is -0.771. The van der Waals surface area contributed by atoms with Gasteiger partial charge in [0.15, 0.2) is 5.96 Å². The van der Waals surface area contributed by atoms with Gasteiger partial charge in [-0.05, 0) is 17.7 Å². The molecule has 6 heteroatoms. The summed E-state index contributed by atoms with van der Waals surface area (Å²) in [6, 6.07) is 6.67. The minimum Gasteiger partial charge on any atom is -0.491 e. The molecule has 94 valence electrons. The van der Waals surface area contributed by atoms with Crippen LogP contribution < -0.4 is 16.2 Å². The summed E-state index contributed by atoms with van der Waals surface area (Å²) in [4.78, 5) is 3.71. The summed E-state index contributed by atoms with van der Waals surface area (Å²) in [6.07, 6.45) is -0.771. The number of benzene rings is 1. The van der Waals surface area contributed by atoms with Crippen LogP contribution in [0.4, 0.5) is 4.39 Å². The van der Waals surface area contributed by atoms with Gasteiger partial charge in [0.1, 0.15) is 19.0 Å². The van der Waals surface area contributed by atoms with E-state index in [4.69, 9.17) is 16.2 Å². The Balaban J connectivity index is 2.57. The van der Waals surface area contributed by atoms with E-state index in [0.29, 0.717) is 11.3 Å². The van der Waals surface area contributed by atoms with Gasteiger partial charge in [-0.2, -0.15) is 0 Å². The number of aliphatic hydroxyl groups excluding tert-OH is 1. The first-order valence-corrected chi connectivity index (χ1v) is 5.15. The Labute approximate surface area is 98.9 Å². The second kappa shape index (κ2) is 6.70. The van der Waals surface area contributed by atoms with Gasteiger partial charge in [0, 0.05) is 0 Å². The monoisotopic (exact) mass is 240 g/mol. The maximum atomic E-state index is 11.9. The lowest BCUT2D eigenvalue weighted by atomic mass is 10.1. The Morgan fingerprint density at radius 1 is 1.35 bits per heavy atom. The van der Waals surface area contributed by atoms with Crippen LogP contribution in [-0.2, 0) is 0 Å². The molecule has 0 radical (unpaired) electrons. The molecule has 0 aromatic heterocycles. The molecular weight excluding hydrogens is 224 g/mol. The fourth-order valence-corrected chi connectivity index (χ4v) is 1.24. The summed E-state index contributed by atoms with van der Waals surface area (Å²) >= 11 is 0. The first-order chi connectivity index (χ1) is 8.13. The summed E-state index contributed by atoms with van der Waals surface area (Å²) in [7, 11) is 0. The lowest BCUT2D eigenvalue weighted by Gasteiger charge is -2.09. The maximum Gasteiger partial charge on any atom is 0.186 e. The largest absolute Gasteiger partial charge is 0.491 e. The van der Waals surface area contributed by atoms with Crippen molar-refractivity contribution in [1.82, 2.24) is 0 Å². The lowest BCUT2D eigenvalue weighted by molar-refractivity contribution is 0.187. The van der Waals surface area contributed by atoms with E-state index in [9.17, 15) is 9.50 Å². The maximum absolute atomic E-state index is 11.9. The molecule has 1 aromatic rings. The van der Waals surface area contributed by atoms with E-state index in [2.05, 4.69) is 4.99 Å². The number of aliphatic hydroxyl groups is 1. The average molecular weight is 240 g/mol. The van der Waals surface area contributed by atoms with Crippen molar-refractivity contribution in [2.45, 2.75) is 6.10 Å². The molecule has 0 saturated heterocycles. The van der Waals surface area contributed by atoms with Gasteiger partial charge in [0.05, 0.1) is 12.6 Å². The number of alkyl halides is 1. The molecule has 0 aliphatic rings. The zero-order valence-electron chi connectivity index (χ0n) is 9.34. The molecule has 0 saturated carbocycles. The molecule has 0 aliphatic carbocycles. The van der Waals surface area contributed by atoms with Crippen LogP contribution in [0.5, 0.6) is 5.75 Å². The van der Waals surface area contributed by atoms with Gasteiger partial charge >= 0.3 is 0 Å². The van der Waals surface area contributed by atoms with Crippen molar-refractivity contribution < 1.29 is 14.2 Å². The zero-order chi connectivity index (χ0) is 12.7. The molecular formula is C11H16FN3O2. The Kier molecular flexibility index (Phi) is 5.22. The number of halogens is 1. The molecule has 0 fully saturated rings. The van der Waals surface area contributed by atoms with E-state index in [1.165, 1.54) is 0 Å². The van der Waals surface area contributed by atoms with Gasteiger partial charge in [-0.3, -0.25) is 4.99 Å². The molecule has 0 heterocycles. The molecule has 0 amide bonds. The Morgan fingerprint density at radius 3 is 2.53 bits per heavy atom. The molecule has 17 heavy (non-hydrogen) atoms. The fourth-order valence-electron chi connectivity index (χ4n) is 1.24. The molecule has 5 nitrogen and oxygen atoms in total. The number of nitrogens with zero attached hydrogens (tertiary/aromatic N) is 1. The number of hydrogen-bond acceptors (Lipinski definition) is 3. The van der Waals surface area contributed by atoms with E-state index >= 15 is 0 Å². The van der Waals surface area contributed by atoms with Crippen molar-refractivity contribution in [3.05, 3.63) is 29.8 Å². The van der Waals surface area contributed by atoms with Gasteiger partial charge in [-0.25, -0.2) is 4.39 Å². The molecule has 0 aliphatic heterocycles. The van der Waals surface area contributed by atoms with Gasteiger partial charge in [0.25, 0.3) is 0 Å². The first kappa shape index (κ1) is 13.2. The lowest BCUT2D eigenvalue weighted by Crippen LogP contribution is -2.23. The van der Waals surface area contributed by atoms with Crippen LogP contribution in [0.2, 0.25) is 0 Å². The average Bonchev–Trinajstić information content (AvgIpc) is 2.34. The van der Waals surface area contributed by atoms with Crippen molar-refractivity contribution in [1.29, 1.82) is 0 Å². The van der Waals surface area contributed by atoms with Crippen LogP contribution in [0, 0.1) is 0 Å². The van der Waals surface area contributed by atoms with Crippen LogP contribution in [0.1, 0.15) is 11.7 Å². The highest BCUT2D eigenvalue weighted by molar-refractivity contribution is 5.75. The molecule has 1 unspecified atom stereocenters. The van der Waals surface area contributed by atoms with Crippen LogP contribution in [0.15, 0.2) is 29.3 Å². The fraction of sp³-hybridized carbons (Fsp3) is 0.364. The van der Waals surface area contributed by atoms with E-state index in [1.54, 1.807) is 24.3 Å². The number of hydrogen-bond donors (Lipinski definition) is 3. The van der Waals surface area contributed by atoms with Crippen LogP contribution in [0.3, 0.4) is 0 Å². The predicted octanol–water partition coefficient (Wildman–Crippen LogP) is 0.342. The molecule has 1 aromatic carbocycles. The number of guanidine groups is 1.